The Morgan fingerprint density at radius 3 is 2.87 bits per heavy atom. The van der Waals surface area contributed by atoms with E-state index in [2.05, 4.69) is 19.6 Å². The zero-order valence-electron chi connectivity index (χ0n) is 12.8. The van der Waals surface area contributed by atoms with Gasteiger partial charge in [-0.25, -0.2) is 8.42 Å². The first kappa shape index (κ1) is 15.7. The smallest absolute Gasteiger partial charge is 0.248 e. The van der Waals surface area contributed by atoms with Crippen LogP contribution in [0.4, 0.5) is 5.82 Å². The highest BCUT2D eigenvalue weighted by Gasteiger charge is 2.34. The summed E-state index contributed by atoms with van der Waals surface area (Å²) in [7, 11) is 0.126. The largest absolute Gasteiger partial charge is 0.472 e. The zero-order chi connectivity index (χ0) is 16.4. The molecule has 0 radical (unpaired) electrons. The quantitative estimate of drug-likeness (QED) is 0.770. The summed E-state index contributed by atoms with van der Waals surface area (Å²) in [5.41, 5.74) is 0. The van der Waals surface area contributed by atoms with Gasteiger partial charge in [-0.3, -0.25) is 4.98 Å². The van der Waals surface area contributed by atoms with Crippen molar-refractivity contribution in [3.63, 3.8) is 0 Å². The molecule has 124 valence electrons. The Kier molecular flexibility index (Phi) is 4.18. The van der Waals surface area contributed by atoms with E-state index in [1.807, 2.05) is 19.0 Å². The molecular formula is C13H17N5O4S. The molecule has 1 saturated heterocycles. The third kappa shape index (κ3) is 3.27. The number of rotatable bonds is 5. The van der Waals surface area contributed by atoms with Gasteiger partial charge < -0.3 is 14.2 Å². The van der Waals surface area contributed by atoms with Crippen molar-refractivity contribution in [1.82, 2.24) is 19.4 Å². The van der Waals surface area contributed by atoms with Gasteiger partial charge in [-0.2, -0.15) is 9.29 Å². The van der Waals surface area contributed by atoms with Gasteiger partial charge in [0.25, 0.3) is 0 Å². The Morgan fingerprint density at radius 1 is 1.35 bits per heavy atom. The molecule has 23 heavy (non-hydrogen) atoms. The molecule has 0 bridgehead atoms. The Balaban J connectivity index is 1.68. The minimum absolute atomic E-state index is 0.0487. The van der Waals surface area contributed by atoms with Crippen LogP contribution < -0.4 is 9.64 Å². The SMILES string of the molecule is CN(C)c1cncc(OC2CCN(S(=O)(=O)c3cnoc3)C2)n1. The molecule has 0 amide bonds. The average Bonchev–Trinajstić information content (AvgIpc) is 3.19. The van der Waals surface area contributed by atoms with E-state index in [0.29, 0.717) is 24.7 Å². The Hall–Kier alpha value is -2.20. The van der Waals surface area contributed by atoms with Crippen molar-refractivity contribution in [2.24, 2.45) is 0 Å². The van der Waals surface area contributed by atoms with Gasteiger partial charge >= 0.3 is 0 Å². The van der Waals surface area contributed by atoms with Crippen molar-refractivity contribution in [1.29, 1.82) is 0 Å². The van der Waals surface area contributed by atoms with Gasteiger partial charge in [0, 0.05) is 20.6 Å². The van der Waals surface area contributed by atoms with Crippen LogP contribution >= 0.6 is 0 Å². The number of aromatic nitrogens is 3. The number of nitrogens with zero attached hydrogens (tertiary/aromatic N) is 5. The summed E-state index contributed by atoms with van der Waals surface area (Å²) in [6, 6.07) is 0. The van der Waals surface area contributed by atoms with E-state index in [-0.39, 0.29) is 17.5 Å². The van der Waals surface area contributed by atoms with E-state index in [4.69, 9.17) is 4.74 Å². The molecule has 3 rings (SSSR count). The number of anilines is 1. The fourth-order valence-electron chi connectivity index (χ4n) is 2.27. The summed E-state index contributed by atoms with van der Waals surface area (Å²) in [5.74, 6) is 1.06. The molecule has 1 aliphatic rings. The molecule has 1 fully saturated rings. The number of hydrogen-bond donors (Lipinski definition) is 0. The van der Waals surface area contributed by atoms with Crippen LogP contribution in [0.3, 0.4) is 0 Å². The monoisotopic (exact) mass is 339 g/mol. The molecule has 1 unspecified atom stereocenters. The van der Waals surface area contributed by atoms with Crippen LogP contribution in [-0.2, 0) is 10.0 Å². The van der Waals surface area contributed by atoms with Gasteiger partial charge in [-0.05, 0) is 6.42 Å². The van der Waals surface area contributed by atoms with Crippen LogP contribution in [0, 0.1) is 0 Å². The summed E-state index contributed by atoms with van der Waals surface area (Å²) in [5, 5.41) is 3.44. The van der Waals surface area contributed by atoms with Gasteiger partial charge in [0.15, 0.2) is 5.82 Å². The highest BCUT2D eigenvalue weighted by molar-refractivity contribution is 7.89. The number of hydrogen-bond acceptors (Lipinski definition) is 8. The fraction of sp³-hybridized carbons (Fsp3) is 0.462. The second-order valence-electron chi connectivity index (χ2n) is 5.36. The maximum Gasteiger partial charge on any atom is 0.248 e. The van der Waals surface area contributed by atoms with Crippen molar-refractivity contribution < 1.29 is 17.7 Å². The van der Waals surface area contributed by atoms with Crippen molar-refractivity contribution >= 4 is 15.8 Å². The highest BCUT2D eigenvalue weighted by Crippen LogP contribution is 2.23. The van der Waals surface area contributed by atoms with Crippen LogP contribution in [0.1, 0.15) is 6.42 Å². The van der Waals surface area contributed by atoms with Crippen LogP contribution in [0.5, 0.6) is 5.88 Å². The van der Waals surface area contributed by atoms with Crippen LogP contribution in [0.25, 0.3) is 0 Å². The normalized spacial score (nSPS) is 19.0. The second kappa shape index (κ2) is 6.13. The molecule has 1 aliphatic heterocycles. The first-order valence-corrected chi connectivity index (χ1v) is 8.46. The number of ether oxygens (including phenoxy) is 1. The van der Waals surface area contributed by atoms with E-state index in [1.165, 1.54) is 16.7 Å². The van der Waals surface area contributed by atoms with Crippen molar-refractivity contribution in [2.75, 3.05) is 32.1 Å². The molecule has 2 aromatic rings. The lowest BCUT2D eigenvalue weighted by Crippen LogP contribution is -2.31. The first-order chi connectivity index (χ1) is 11.0. The maximum atomic E-state index is 12.4. The summed E-state index contributed by atoms with van der Waals surface area (Å²) in [4.78, 5) is 10.3. The summed E-state index contributed by atoms with van der Waals surface area (Å²) < 4.78 is 36.5. The molecule has 0 saturated carbocycles. The minimum Gasteiger partial charge on any atom is -0.472 e. The van der Waals surface area contributed by atoms with Gasteiger partial charge in [0.05, 0.1) is 25.1 Å². The van der Waals surface area contributed by atoms with Gasteiger partial charge in [-0.15, -0.1) is 0 Å². The van der Waals surface area contributed by atoms with E-state index in [9.17, 15) is 8.42 Å². The lowest BCUT2D eigenvalue weighted by Gasteiger charge is -2.16. The molecule has 0 N–H and O–H groups in total. The van der Waals surface area contributed by atoms with Crippen molar-refractivity contribution in [2.45, 2.75) is 17.4 Å². The maximum absolute atomic E-state index is 12.4. The zero-order valence-corrected chi connectivity index (χ0v) is 13.6. The fourth-order valence-corrected chi connectivity index (χ4v) is 3.61. The summed E-state index contributed by atoms with van der Waals surface area (Å²) in [6.45, 7) is 0.625. The Labute approximate surface area is 133 Å². The second-order valence-corrected chi connectivity index (χ2v) is 7.30. The average molecular weight is 339 g/mol. The summed E-state index contributed by atoms with van der Waals surface area (Å²) >= 11 is 0. The van der Waals surface area contributed by atoms with Crippen molar-refractivity contribution in [3.05, 3.63) is 24.9 Å². The third-order valence-corrected chi connectivity index (χ3v) is 5.31. The molecule has 9 nitrogen and oxygen atoms in total. The predicted octanol–water partition coefficient (Wildman–Crippen LogP) is 0.373. The van der Waals surface area contributed by atoms with Gasteiger partial charge in [0.1, 0.15) is 17.3 Å². The Bertz CT molecular complexity index is 762. The first-order valence-electron chi connectivity index (χ1n) is 7.02. The Morgan fingerprint density at radius 2 is 2.17 bits per heavy atom. The lowest BCUT2D eigenvalue weighted by molar-refractivity contribution is 0.206. The third-order valence-electron chi connectivity index (χ3n) is 3.50. The lowest BCUT2D eigenvalue weighted by atomic mass is 10.3. The van der Waals surface area contributed by atoms with Gasteiger partial charge in [-0.1, -0.05) is 5.16 Å². The van der Waals surface area contributed by atoms with Crippen LogP contribution in [0.15, 0.2) is 34.3 Å². The van der Waals surface area contributed by atoms with Crippen LogP contribution in [-0.4, -0.2) is 61.1 Å². The minimum atomic E-state index is -3.59. The van der Waals surface area contributed by atoms with Crippen LogP contribution in [0.2, 0.25) is 0 Å². The van der Waals surface area contributed by atoms with E-state index >= 15 is 0 Å². The van der Waals surface area contributed by atoms with Gasteiger partial charge in [0.2, 0.25) is 15.9 Å². The highest BCUT2D eigenvalue weighted by atomic mass is 32.2. The molecule has 1 atom stereocenters. The molecule has 0 aromatic carbocycles. The standard InChI is InChI=1S/C13H17N5O4S/c1-17(2)12-6-14-7-13(16-12)22-10-3-4-18(8-10)23(19,20)11-5-15-21-9-11/h5-7,9-10H,3-4,8H2,1-2H3. The molecular weight excluding hydrogens is 322 g/mol. The van der Waals surface area contributed by atoms with E-state index in [1.54, 1.807) is 6.20 Å². The molecule has 10 heteroatoms. The molecule has 2 aromatic heterocycles. The van der Waals surface area contributed by atoms with E-state index < -0.39 is 10.0 Å². The predicted molar refractivity (Wildman–Crippen MR) is 80.7 cm³/mol. The molecule has 0 spiro atoms. The van der Waals surface area contributed by atoms with Crippen molar-refractivity contribution in [3.8, 4) is 5.88 Å². The molecule has 0 aliphatic carbocycles. The summed E-state index contributed by atoms with van der Waals surface area (Å²) in [6.07, 6.45) is 5.77. The number of sulfonamides is 1. The van der Waals surface area contributed by atoms with E-state index in [0.717, 1.165) is 6.26 Å². The topological polar surface area (TPSA) is 102 Å². The molecule has 3 heterocycles.